The zero-order valence-electron chi connectivity index (χ0n) is 23.1. The molecule has 4 aromatic rings. The van der Waals surface area contributed by atoms with Crippen LogP contribution >= 0.6 is 34.7 Å². The lowest BCUT2D eigenvalue weighted by molar-refractivity contribution is -0.122. The van der Waals surface area contributed by atoms with E-state index in [0.29, 0.717) is 31.9 Å². The average molecular weight is 650 g/mol. The van der Waals surface area contributed by atoms with Gasteiger partial charge in [0.05, 0.1) is 28.8 Å². The van der Waals surface area contributed by atoms with Crippen LogP contribution in [-0.4, -0.2) is 45.2 Å². The fourth-order valence-corrected chi connectivity index (χ4v) is 8.29. The molecule has 0 aliphatic carbocycles. The molecule has 3 atom stereocenters. The number of phenols is 1. The maximum atomic E-state index is 14.0. The highest BCUT2D eigenvalue weighted by atomic mass is 35.5. The zero-order valence-corrected chi connectivity index (χ0v) is 25.4. The third kappa shape index (κ3) is 5.40. The Morgan fingerprint density at radius 1 is 0.955 bits per heavy atom. The summed E-state index contributed by atoms with van der Waals surface area (Å²) in [5, 5.41) is 12.3. The maximum Gasteiger partial charge on any atom is 0.338 e. The van der Waals surface area contributed by atoms with Gasteiger partial charge in [0.1, 0.15) is 17.5 Å². The Labute approximate surface area is 264 Å². The van der Waals surface area contributed by atoms with Crippen molar-refractivity contribution < 1.29 is 29.0 Å². The van der Waals surface area contributed by atoms with E-state index in [9.17, 15) is 29.1 Å². The van der Waals surface area contributed by atoms with Gasteiger partial charge in [-0.05, 0) is 73.2 Å². The van der Waals surface area contributed by atoms with Gasteiger partial charge in [0.25, 0.3) is 0 Å². The van der Waals surface area contributed by atoms with Crippen molar-refractivity contribution in [2.45, 2.75) is 29.7 Å². The van der Waals surface area contributed by atoms with Gasteiger partial charge in [-0.25, -0.2) is 9.69 Å². The number of rotatable bonds is 7. The fourth-order valence-electron chi connectivity index (χ4n) is 5.39. The normalized spacial score (nSPS) is 19.0. The standard InChI is InChI=1S/C31H24ClN3O7S2/c1-2-42-30(40)17-5-11-20(12-6-17)35-27(38)24-23(16-3-7-18(32)8-4-16)26-29(43-25(24)28(35)39)34(31(41)44-26)15-22(37)33-19-9-13-21(36)14-10-19/h3-14,23-25,36H,2,15H2,1H3,(H,33,37)/t23-,24?,25?/m1/s1. The van der Waals surface area contributed by atoms with Gasteiger partial charge in [0.2, 0.25) is 17.7 Å². The Balaban J connectivity index is 1.36. The third-order valence-electron chi connectivity index (χ3n) is 7.37. The maximum absolute atomic E-state index is 14.0. The SMILES string of the molecule is CCOC(=O)c1ccc(N2C(=O)C3Sc4c(sc(=O)n4CC(=O)Nc4ccc(O)cc4)[C@H](c4ccc(Cl)cc4)C3C2=O)cc1. The van der Waals surface area contributed by atoms with Crippen LogP contribution in [0, 0.1) is 5.92 Å². The molecule has 44 heavy (non-hydrogen) atoms. The molecule has 1 fully saturated rings. The van der Waals surface area contributed by atoms with Crippen LogP contribution in [0.25, 0.3) is 0 Å². The van der Waals surface area contributed by atoms with Gasteiger partial charge in [-0.15, -0.1) is 0 Å². The summed E-state index contributed by atoms with van der Waals surface area (Å²) in [5.41, 5.74) is 1.75. The van der Waals surface area contributed by atoms with Crippen LogP contribution in [0.3, 0.4) is 0 Å². The summed E-state index contributed by atoms with van der Waals surface area (Å²) in [6.45, 7) is 1.60. The molecule has 13 heteroatoms. The Morgan fingerprint density at radius 3 is 2.30 bits per heavy atom. The summed E-state index contributed by atoms with van der Waals surface area (Å²) in [7, 11) is 0. The van der Waals surface area contributed by atoms with Crippen LogP contribution in [0.4, 0.5) is 11.4 Å². The number of aromatic hydroxyl groups is 1. The number of carbonyl (C=O) groups is 4. The zero-order chi connectivity index (χ0) is 31.1. The summed E-state index contributed by atoms with van der Waals surface area (Å²) in [6, 6.07) is 18.9. The van der Waals surface area contributed by atoms with Crippen LogP contribution in [-0.2, 0) is 25.7 Å². The van der Waals surface area contributed by atoms with Crippen molar-refractivity contribution in [3.05, 3.63) is 103 Å². The van der Waals surface area contributed by atoms with Gasteiger partial charge in [-0.1, -0.05) is 46.8 Å². The van der Waals surface area contributed by atoms with E-state index in [1.807, 2.05) is 0 Å². The van der Waals surface area contributed by atoms with Crippen LogP contribution in [0.2, 0.25) is 5.02 Å². The number of thiazole rings is 1. The molecule has 3 amide bonds. The highest BCUT2D eigenvalue weighted by Crippen LogP contribution is 2.54. The Kier molecular flexibility index (Phi) is 8.06. The summed E-state index contributed by atoms with van der Waals surface area (Å²) in [6.07, 6.45) is 0. The van der Waals surface area contributed by atoms with E-state index in [1.54, 1.807) is 31.2 Å². The van der Waals surface area contributed by atoms with Crippen molar-refractivity contribution in [1.29, 1.82) is 0 Å². The molecule has 1 aromatic heterocycles. The summed E-state index contributed by atoms with van der Waals surface area (Å²) < 4.78 is 6.36. The summed E-state index contributed by atoms with van der Waals surface area (Å²) in [5.74, 6) is -3.30. The molecule has 3 heterocycles. The first-order valence-electron chi connectivity index (χ1n) is 13.6. The van der Waals surface area contributed by atoms with Gasteiger partial charge >= 0.3 is 10.8 Å². The van der Waals surface area contributed by atoms with Crippen LogP contribution in [0.5, 0.6) is 5.75 Å². The van der Waals surface area contributed by atoms with E-state index >= 15 is 0 Å². The number of halogens is 1. The molecule has 2 N–H and O–H groups in total. The molecule has 0 saturated carbocycles. The average Bonchev–Trinajstić information content (AvgIpc) is 3.45. The number of carbonyl (C=O) groups excluding carboxylic acids is 4. The second-order valence-electron chi connectivity index (χ2n) is 10.1. The van der Waals surface area contributed by atoms with Crippen molar-refractivity contribution >= 4 is 69.8 Å². The largest absolute Gasteiger partial charge is 0.508 e. The van der Waals surface area contributed by atoms with E-state index < -0.39 is 45.6 Å². The number of imide groups is 1. The second kappa shape index (κ2) is 11.9. The van der Waals surface area contributed by atoms with Crippen LogP contribution in [0.1, 0.15) is 33.6 Å². The number of anilines is 2. The number of benzene rings is 3. The lowest BCUT2D eigenvalue weighted by atomic mass is 9.83. The molecule has 2 aliphatic heterocycles. The van der Waals surface area contributed by atoms with Gasteiger partial charge in [-0.2, -0.15) is 0 Å². The molecular formula is C31H24ClN3O7S2. The molecule has 2 aliphatic rings. The van der Waals surface area contributed by atoms with Crippen molar-refractivity contribution in [2.75, 3.05) is 16.8 Å². The number of hydrogen-bond acceptors (Lipinski definition) is 9. The smallest absolute Gasteiger partial charge is 0.338 e. The van der Waals surface area contributed by atoms with E-state index in [2.05, 4.69) is 5.32 Å². The number of nitrogens with one attached hydrogen (secondary N) is 1. The van der Waals surface area contributed by atoms with Crippen LogP contribution < -0.4 is 15.1 Å². The van der Waals surface area contributed by atoms with Crippen molar-refractivity contribution in [1.82, 2.24) is 4.57 Å². The van der Waals surface area contributed by atoms with Gasteiger partial charge in [0.15, 0.2) is 0 Å². The minimum Gasteiger partial charge on any atom is -0.508 e. The molecule has 6 rings (SSSR count). The molecule has 224 valence electrons. The van der Waals surface area contributed by atoms with E-state index in [4.69, 9.17) is 16.3 Å². The summed E-state index contributed by atoms with van der Waals surface area (Å²) >= 11 is 8.20. The first-order valence-corrected chi connectivity index (χ1v) is 15.6. The van der Waals surface area contributed by atoms with Gasteiger partial charge in [-0.3, -0.25) is 23.7 Å². The highest BCUT2D eigenvalue weighted by Gasteiger charge is 2.56. The quantitative estimate of drug-likeness (QED) is 0.164. The minimum absolute atomic E-state index is 0.0464. The number of thioether (sulfide) groups is 1. The number of hydrogen-bond donors (Lipinski definition) is 2. The van der Waals surface area contributed by atoms with Crippen molar-refractivity contribution in [3.63, 3.8) is 0 Å². The molecule has 3 aromatic carbocycles. The third-order valence-corrected chi connectivity index (χ3v) is 10.2. The summed E-state index contributed by atoms with van der Waals surface area (Å²) in [4.78, 5) is 67.7. The Morgan fingerprint density at radius 2 is 1.64 bits per heavy atom. The lowest BCUT2D eigenvalue weighted by Gasteiger charge is -2.30. The molecule has 0 spiro atoms. The minimum atomic E-state index is -0.874. The van der Waals surface area contributed by atoms with E-state index in [0.717, 1.165) is 28.0 Å². The first-order chi connectivity index (χ1) is 21.2. The molecular weight excluding hydrogens is 626 g/mol. The molecule has 0 radical (unpaired) electrons. The molecule has 1 saturated heterocycles. The van der Waals surface area contributed by atoms with E-state index in [1.165, 1.54) is 53.1 Å². The van der Waals surface area contributed by atoms with Crippen molar-refractivity contribution in [2.24, 2.45) is 5.92 Å². The van der Waals surface area contributed by atoms with Crippen molar-refractivity contribution in [3.8, 4) is 5.75 Å². The first kappa shape index (κ1) is 29.7. The Hall–Kier alpha value is -4.39. The van der Waals surface area contributed by atoms with Gasteiger partial charge < -0.3 is 15.2 Å². The molecule has 10 nitrogen and oxygen atoms in total. The number of aromatic nitrogens is 1. The van der Waals surface area contributed by atoms with Gasteiger partial charge in [0, 0.05) is 21.5 Å². The number of fused-ring (bicyclic) bond motifs is 2. The Bertz CT molecular complexity index is 1840. The number of ether oxygens (including phenoxy) is 1. The molecule has 2 unspecified atom stereocenters. The number of esters is 1. The topological polar surface area (TPSA) is 135 Å². The predicted molar refractivity (Wildman–Crippen MR) is 167 cm³/mol. The fraction of sp³-hybridized carbons (Fsp3) is 0.194. The number of nitrogens with zero attached hydrogens (tertiary/aromatic N) is 2. The lowest BCUT2D eigenvalue weighted by Crippen LogP contribution is -2.33. The number of amides is 3. The monoisotopic (exact) mass is 649 g/mol. The number of phenolic OH excluding ortho intramolecular Hbond substituents is 1. The van der Waals surface area contributed by atoms with Crippen LogP contribution in [0.15, 0.2) is 82.6 Å². The van der Waals surface area contributed by atoms with E-state index in [-0.39, 0.29) is 24.5 Å². The molecule has 0 bridgehead atoms. The predicted octanol–water partition coefficient (Wildman–Crippen LogP) is 4.88. The highest BCUT2D eigenvalue weighted by molar-refractivity contribution is 8.00. The second-order valence-corrected chi connectivity index (χ2v) is 12.7.